The molecule has 2 N–H and O–H groups in total. The number of methoxy groups -OCH3 is 1. The Morgan fingerprint density at radius 2 is 1.80 bits per heavy atom. The molecule has 2 rings (SSSR count). The maximum atomic E-state index is 11.8. The van der Waals surface area contributed by atoms with Gasteiger partial charge in [-0.2, -0.15) is 5.10 Å². The largest absolute Gasteiger partial charge is 0.508 e. The Morgan fingerprint density at radius 3 is 2.40 bits per heavy atom. The van der Waals surface area contributed by atoms with E-state index in [0.717, 1.165) is 5.56 Å². The Bertz CT molecular complexity index is 604. The molecule has 0 saturated heterocycles. The van der Waals surface area contributed by atoms with Gasteiger partial charge in [-0.1, -0.05) is 0 Å². The summed E-state index contributed by atoms with van der Waals surface area (Å²) in [6, 6.07) is 13.2. The number of phenolic OH excluding ortho intramolecular Hbond substituents is 1. The predicted octanol–water partition coefficient (Wildman–Crippen LogP) is 2.16. The zero-order valence-corrected chi connectivity index (χ0v) is 10.9. The molecule has 0 spiro atoms. The Labute approximate surface area is 116 Å². The molecule has 5 nitrogen and oxygen atoms in total. The van der Waals surface area contributed by atoms with Gasteiger partial charge in [-0.25, -0.2) is 5.43 Å². The van der Waals surface area contributed by atoms with E-state index in [4.69, 9.17) is 9.84 Å². The number of nitrogens with zero attached hydrogens (tertiary/aromatic N) is 1. The molecule has 0 aliphatic carbocycles. The minimum atomic E-state index is -0.303. The Balaban J connectivity index is 1.95. The molecule has 0 aliphatic heterocycles. The van der Waals surface area contributed by atoms with Crippen LogP contribution < -0.4 is 10.2 Å². The van der Waals surface area contributed by atoms with Gasteiger partial charge in [-0.15, -0.1) is 0 Å². The lowest BCUT2D eigenvalue weighted by Crippen LogP contribution is -2.17. The van der Waals surface area contributed by atoms with E-state index < -0.39 is 0 Å². The number of ether oxygens (including phenoxy) is 1. The molecule has 0 aromatic heterocycles. The molecular weight excluding hydrogens is 256 g/mol. The molecule has 0 atom stereocenters. The van der Waals surface area contributed by atoms with Crippen molar-refractivity contribution in [1.29, 1.82) is 0 Å². The number of rotatable bonds is 4. The van der Waals surface area contributed by atoms with Crippen molar-refractivity contribution in [2.75, 3.05) is 7.11 Å². The Kier molecular flexibility index (Phi) is 4.34. The van der Waals surface area contributed by atoms with Crippen molar-refractivity contribution in [2.24, 2.45) is 5.10 Å². The van der Waals surface area contributed by atoms with Gasteiger partial charge in [-0.3, -0.25) is 4.79 Å². The lowest BCUT2D eigenvalue weighted by molar-refractivity contribution is 0.0955. The SMILES string of the molecule is COc1ccc(C(=O)N/N=C\c2ccc(O)cc2)cc1. The van der Waals surface area contributed by atoms with Gasteiger partial charge < -0.3 is 9.84 Å². The van der Waals surface area contributed by atoms with E-state index in [1.807, 2.05) is 0 Å². The van der Waals surface area contributed by atoms with Crippen LogP contribution in [0.5, 0.6) is 11.5 Å². The number of hydrazone groups is 1. The third kappa shape index (κ3) is 3.58. The highest BCUT2D eigenvalue weighted by molar-refractivity contribution is 5.94. The van der Waals surface area contributed by atoms with Crippen molar-refractivity contribution in [1.82, 2.24) is 5.43 Å². The van der Waals surface area contributed by atoms with Crippen molar-refractivity contribution < 1.29 is 14.6 Å². The number of carbonyl (C=O) groups excluding carboxylic acids is 1. The standard InChI is InChI=1S/C15H14N2O3/c1-20-14-8-4-12(5-9-14)15(19)17-16-10-11-2-6-13(18)7-3-11/h2-10,18H,1H3,(H,17,19)/b16-10-. The second-order valence-corrected chi connectivity index (χ2v) is 4.02. The summed E-state index contributed by atoms with van der Waals surface area (Å²) in [5.41, 5.74) is 3.70. The number of phenols is 1. The molecule has 20 heavy (non-hydrogen) atoms. The Morgan fingerprint density at radius 1 is 1.15 bits per heavy atom. The number of aromatic hydroxyl groups is 1. The highest BCUT2D eigenvalue weighted by Gasteiger charge is 2.03. The summed E-state index contributed by atoms with van der Waals surface area (Å²) in [6.45, 7) is 0. The normalized spacial score (nSPS) is 10.4. The summed E-state index contributed by atoms with van der Waals surface area (Å²) < 4.78 is 5.02. The number of benzene rings is 2. The first-order valence-corrected chi connectivity index (χ1v) is 5.95. The zero-order valence-electron chi connectivity index (χ0n) is 10.9. The molecule has 0 heterocycles. The number of nitrogens with one attached hydrogen (secondary N) is 1. The summed E-state index contributed by atoms with van der Waals surface area (Å²) >= 11 is 0. The van der Waals surface area contributed by atoms with Crippen molar-refractivity contribution in [3.63, 3.8) is 0 Å². The van der Waals surface area contributed by atoms with E-state index in [1.54, 1.807) is 55.6 Å². The smallest absolute Gasteiger partial charge is 0.271 e. The van der Waals surface area contributed by atoms with Gasteiger partial charge in [0.15, 0.2) is 0 Å². The van der Waals surface area contributed by atoms with Gasteiger partial charge in [-0.05, 0) is 54.1 Å². The van der Waals surface area contributed by atoms with E-state index >= 15 is 0 Å². The highest BCUT2D eigenvalue weighted by atomic mass is 16.5. The fourth-order valence-corrected chi connectivity index (χ4v) is 1.53. The molecule has 2 aromatic carbocycles. The van der Waals surface area contributed by atoms with Crippen LogP contribution in [-0.2, 0) is 0 Å². The third-order valence-corrected chi connectivity index (χ3v) is 2.63. The van der Waals surface area contributed by atoms with Crippen LogP contribution in [0.4, 0.5) is 0 Å². The maximum Gasteiger partial charge on any atom is 0.271 e. The molecule has 5 heteroatoms. The number of hydrogen-bond donors (Lipinski definition) is 2. The molecule has 0 fully saturated rings. The monoisotopic (exact) mass is 270 g/mol. The highest BCUT2D eigenvalue weighted by Crippen LogP contribution is 2.11. The van der Waals surface area contributed by atoms with Crippen molar-refractivity contribution in [3.8, 4) is 11.5 Å². The molecule has 0 saturated carbocycles. The summed E-state index contributed by atoms with van der Waals surface area (Å²) in [7, 11) is 1.57. The average molecular weight is 270 g/mol. The molecule has 0 bridgehead atoms. The second kappa shape index (κ2) is 6.38. The van der Waals surface area contributed by atoms with E-state index in [-0.39, 0.29) is 11.7 Å². The van der Waals surface area contributed by atoms with Crippen LogP contribution in [0.25, 0.3) is 0 Å². The minimum Gasteiger partial charge on any atom is -0.508 e. The molecule has 0 radical (unpaired) electrons. The first-order valence-electron chi connectivity index (χ1n) is 5.95. The van der Waals surface area contributed by atoms with Crippen LogP contribution in [0.1, 0.15) is 15.9 Å². The number of amides is 1. The van der Waals surface area contributed by atoms with Crippen LogP contribution in [0.15, 0.2) is 53.6 Å². The van der Waals surface area contributed by atoms with Gasteiger partial charge in [0.25, 0.3) is 5.91 Å². The van der Waals surface area contributed by atoms with Gasteiger partial charge in [0.2, 0.25) is 0 Å². The van der Waals surface area contributed by atoms with Gasteiger partial charge >= 0.3 is 0 Å². The predicted molar refractivity (Wildman–Crippen MR) is 76.2 cm³/mol. The average Bonchev–Trinajstić information content (AvgIpc) is 2.49. The molecule has 2 aromatic rings. The lowest BCUT2D eigenvalue weighted by Gasteiger charge is -2.02. The van der Waals surface area contributed by atoms with Gasteiger partial charge in [0, 0.05) is 5.56 Å². The molecule has 1 amide bonds. The van der Waals surface area contributed by atoms with Crippen LogP contribution in [0, 0.1) is 0 Å². The lowest BCUT2D eigenvalue weighted by atomic mass is 10.2. The van der Waals surface area contributed by atoms with Crippen LogP contribution in [0.3, 0.4) is 0 Å². The number of carbonyl (C=O) groups is 1. The maximum absolute atomic E-state index is 11.8. The zero-order chi connectivity index (χ0) is 14.4. The first kappa shape index (κ1) is 13.6. The fraction of sp³-hybridized carbons (Fsp3) is 0.0667. The van der Waals surface area contributed by atoms with Gasteiger partial charge in [0.1, 0.15) is 11.5 Å². The molecule has 102 valence electrons. The van der Waals surface area contributed by atoms with Crippen LogP contribution in [0.2, 0.25) is 0 Å². The molecular formula is C15H14N2O3. The quantitative estimate of drug-likeness (QED) is 0.660. The van der Waals surface area contributed by atoms with Gasteiger partial charge in [0.05, 0.1) is 13.3 Å². The van der Waals surface area contributed by atoms with Crippen molar-refractivity contribution in [2.45, 2.75) is 0 Å². The summed E-state index contributed by atoms with van der Waals surface area (Å²) in [6.07, 6.45) is 1.50. The van der Waals surface area contributed by atoms with E-state index in [1.165, 1.54) is 6.21 Å². The first-order chi connectivity index (χ1) is 9.69. The van der Waals surface area contributed by atoms with Crippen molar-refractivity contribution in [3.05, 3.63) is 59.7 Å². The summed E-state index contributed by atoms with van der Waals surface area (Å²) in [5, 5.41) is 13.0. The summed E-state index contributed by atoms with van der Waals surface area (Å²) in [4.78, 5) is 11.8. The van der Waals surface area contributed by atoms with E-state index in [2.05, 4.69) is 10.5 Å². The van der Waals surface area contributed by atoms with E-state index in [0.29, 0.717) is 11.3 Å². The minimum absolute atomic E-state index is 0.185. The van der Waals surface area contributed by atoms with Crippen molar-refractivity contribution >= 4 is 12.1 Å². The van der Waals surface area contributed by atoms with E-state index in [9.17, 15) is 4.79 Å². The second-order valence-electron chi connectivity index (χ2n) is 4.02. The Hall–Kier alpha value is -2.82. The summed E-state index contributed by atoms with van der Waals surface area (Å²) in [5.74, 6) is 0.571. The van der Waals surface area contributed by atoms with Crippen LogP contribution >= 0.6 is 0 Å². The molecule has 0 unspecified atom stereocenters. The topological polar surface area (TPSA) is 70.9 Å². The fourth-order valence-electron chi connectivity index (χ4n) is 1.53. The van der Waals surface area contributed by atoms with Crippen LogP contribution in [-0.4, -0.2) is 24.3 Å². The number of hydrogen-bond acceptors (Lipinski definition) is 4. The molecule has 0 aliphatic rings. The third-order valence-electron chi connectivity index (χ3n) is 2.63.